The van der Waals surface area contributed by atoms with Crippen molar-refractivity contribution in [2.45, 2.75) is 19.8 Å². The number of piperazine rings is 1. The molecule has 1 aliphatic rings. The molecule has 0 aliphatic carbocycles. The van der Waals surface area contributed by atoms with Crippen LogP contribution in [0.25, 0.3) is 0 Å². The van der Waals surface area contributed by atoms with Gasteiger partial charge in [-0.15, -0.1) is 11.3 Å². The van der Waals surface area contributed by atoms with Crippen LogP contribution in [0.1, 0.15) is 17.6 Å². The van der Waals surface area contributed by atoms with Crippen molar-refractivity contribution in [2.75, 3.05) is 51.8 Å². The Balaban J connectivity index is 1.46. The Bertz CT molecular complexity index is 735. The summed E-state index contributed by atoms with van der Waals surface area (Å²) in [4.78, 5) is 13.8. The molecule has 0 radical (unpaired) electrons. The second kappa shape index (κ2) is 9.60. The number of hydrogen-bond acceptors (Lipinski definition) is 5. The van der Waals surface area contributed by atoms with Crippen molar-refractivity contribution in [3.63, 3.8) is 0 Å². The van der Waals surface area contributed by atoms with Gasteiger partial charge < -0.3 is 19.9 Å². The highest BCUT2D eigenvalue weighted by atomic mass is 32.1. The van der Waals surface area contributed by atoms with Gasteiger partial charge in [-0.1, -0.05) is 6.92 Å². The average Bonchev–Trinajstić information content (AvgIpc) is 3.19. The topological polar surface area (TPSA) is 53.0 Å². The summed E-state index contributed by atoms with van der Waals surface area (Å²) in [7, 11) is 3.56. The summed E-state index contributed by atoms with van der Waals surface area (Å²) >= 11 is 1.75. The highest BCUT2D eigenvalue weighted by molar-refractivity contribution is 7.09. The Kier molecular flexibility index (Phi) is 6.92. The Morgan fingerprint density at radius 2 is 1.96 bits per heavy atom. The van der Waals surface area contributed by atoms with E-state index >= 15 is 0 Å². The highest BCUT2D eigenvalue weighted by Gasteiger charge is 2.19. The molecule has 27 heavy (non-hydrogen) atoms. The van der Waals surface area contributed by atoms with E-state index in [1.54, 1.807) is 18.4 Å². The summed E-state index contributed by atoms with van der Waals surface area (Å²) in [5.74, 6) is 1.88. The van der Waals surface area contributed by atoms with Gasteiger partial charge in [0.2, 0.25) is 0 Å². The first kappa shape index (κ1) is 19.5. The number of ether oxygens (including phenoxy) is 1. The molecule has 0 saturated carbocycles. The Hall–Kier alpha value is -2.28. The number of aryl methyl sites for hydroxylation is 1. The Morgan fingerprint density at radius 3 is 2.56 bits per heavy atom. The first-order valence-corrected chi connectivity index (χ1v) is 10.4. The minimum Gasteiger partial charge on any atom is -0.497 e. The van der Waals surface area contributed by atoms with Gasteiger partial charge in [-0.2, -0.15) is 0 Å². The molecular weight excluding hydrogens is 358 g/mol. The van der Waals surface area contributed by atoms with Crippen molar-refractivity contribution in [1.82, 2.24) is 15.2 Å². The van der Waals surface area contributed by atoms with Crippen LogP contribution in [0.3, 0.4) is 0 Å². The van der Waals surface area contributed by atoms with Crippen molar-refractivity contribution >= 4 is 23.0 Å². The lowest BCUT2D eigenvalue weighted by Crippen LogP contribution is -2.52. The summed E-state index contributed by atoms with van der Waals surface area (Å²) in [5, 5.41) is 6.87. The highest BCUT2D eigenvalue weighted by Crippen LogP contribution is 2.20. The number of nitrogens with one attached hydrogen (secondary N) is 1. The van der Waals surface area contributed by atoms with Crippen molar-refractivity contribution < 1.29 is 4.74 Å². The summed E-state index contributed by atoms with van der Waals surface area (Å²) in [6.07, 6.45) is 1.94. The Morgan fingerprint density at radius 1 is 1.22 bits per heavy atom. The number of nitrogens with zero attached hydrogens (tertiary/aromatic N) is 4. The quantitative estimate of drug-likeness (QED) is 0.610. The predicted octanol–water partition coefficient (Wildman–Crippen LogP) is 2.65. The number of rotatable bonds is 6. The zero-order valence-corrected chi connectivity index (χ0v) is 17.3. The van der Waals surface area contributed by atoms with Crippen LogP contribution >= 0.6 is 11.3 Å². The monoisotopic (exact) mass is 387 g/mol. The largest absolute Gasteiger partial charge is 0.497 e. The van der Waals surface area contributed by atoms with E-state index in [4.69, 9.17) is 4.74 Å². The number of methoxy groups -OCH3 is 1. The first-order valence-electron chi connectivity index (χ1n) is 9.51. The molecule has 0 bridgehead atoms. The van der Waals surface area contributed by atoms with E-state index < -0.39 is 0 Å². The number of benzene rings is 1. The predicted molar refractivity (Wildman–Crippen MR) is 113 cm³/mol. The molecule has 2 heterocycles. The molecular formula is C20H29N5OS. The number of anilines is 1. The third kappa shape index (κ3) is 5.13. The molecule has 1 saturated heterocycles. The summed E-state index contributed by atoms with van der Waals surface area (Å²) < 4.78 is 5.24. The lowest BCUT2D eigenvalue weighted by atomic mass is 10.2. The molecule has 1 aromatic heterocycles. The minimum absolute atomic E-state index is 0.859. The van der Waals surface area contributed by atoms with Gasteiger partial charge in [-0.05, 0) is 30.7 Å². The number of aliphatic imine (C=N–C) groups is 1. The lowest BCUT2D eigenvalue weighted by Gasteiger charge is -2.37. The van der Waals surface area contributed by atoms with E-state index in [9.17, 15) is 0 Å². The summed E-state index contributed by atoms with van der Waals surface area (Å²) in [5.41, 5.74) is 2.41. The summed E-state index contributed by atoms with van der Waals surface area (Å²) in [6, 6.07) is 8.29. The van der Waals surface area contributed by atoms with Crippen molar-refractivity contribution in [1.29, 1.82) is 0 Å². The maximum absolute atomic E-state index is 5.24. The van der Waals surface area contributed by atoms with Crippen LogP contribution in [0, 0.1) is 0 Å². The number of aromatic nitrogens is 1. The van der Waals surface area contributed by atoms with Crippen molar-refractivity contribution in [3.05, 3.63) is 40.3 Å². The molecule has 0 unspecified atom stereocenters. The molecule has 1 N–H and O–H groups in total. The van der Waals surface area contributed by atoms with Crippen molar-refractivity contribution in [2.24, 2.45) is 4.99 Å². The van der Waals surface area contributed by atoms with Crippen LogP contribution < -0.4 is 15.0 Å². The number of guanidine groups is 1. The van der Waals surface area contributed by atoms with Gasteiger partial charge in [0.15, 0.2) is 5.96 Å². The van der Waals surface area contributed by atoms with Gasteiger partial charge in [0, 0.05) is 57.3 Å². The maximum atomic E-state index is 5.24. The third-order valence-corrected chi connectivity index (χ3v) is 5.84. The molecule has 2 aromatic rings. The fourth-order valence-electron chi connectivity index (χ4n) is 3.23. The zero-order valence-electron chi connectivity index (χ0n) is 16.4. The smallest absolute Gasteiger partial charge is 0.193 e. The minimum atomic E-state index is 0.859. The molecule has 6 nitrogen and oxygen atoms in total. The molecule has 1 fully saturated rings. The SMILES string of the molecule is CCc1nc(CCNC(=NC)N2CCN(c3ccc(OC)cc3)CC2)cs1. The second-order valence-corrected chi connectivity index (χ2v) is 7.42. The van der Waals surface area contributed by atoms with Gasteiger partial charge in [-0.25, -0.2) is 4.98 Å². The van der Waals surface area contributed by atoms with Crippen LogP contribution in [-0.4, -0.2) is 62.7 Å². The Labute approximate surface area is 165 Å². The molecule has 0 spiro atoms. The van der Waals surface area contributed by atoms with E-state index in [-0.39, 0.29) is 0 Å². The lowest BCUT2D eigenvalue weighted by molar-refractivity contribution is 0.372. The van der Waals surface area contributed by atoms with E-state index in [0.717, 1.165) is 57.3 Å². The molecule has 1 aromatic carbocycles. The zero-order chi connectivity index (χ0) is 19.1. The van der Waals surface area contributed by atoms with Crippen molar-refractivity contribution in [3.8, 4) is 5.75 Å². The van der Waals surface area contributed by atoms with E-state index in [2.05, 4.69) is 49.5 Å². The molecule has 0 atom stereocenters. The van der Waals surface area contributed by atoms with E-state index in [0.29, 0.717) is 0 Å². The van der Waals surface area contributed by atoms with Crippen LogP contribution in [0.2, 0.25) is 0 Å². The van der Waals surface area contributed by atoms with Gasteiger partial charge in [0.25, 0.3) is 0 Å². The van der Waals surface area contributed by atoms with Crippen LogP contribution in [0.4, 0.5) is 5.69 Å². The standard InChI is InChI=1S/C20H29N5OS/c1-4-19-23-16(15-27-19)9-10-22-20(21-2)25-13-11-24(12-14-25)17-5-7-18(26-3)8-6-17/h5-8,15H,4,9-14H2,1-3H3,(H,21,22). The molecule has 7 heteroatoms. The summed E-state index contributed by atoms with van der Waals surface area (Å²) in [6.45, 7) is 6.90. The van der Waals surface area contributed by atoms with Gasteiger partial charge in [-0.3, -0.25) is 4.99 Å². The fraction of sp³-hybridized carbons (Fsp3) is 0.500. The van der Waals surface area contributed by atoms with E-state index in [1.165, 1.54) is 16.4 Å². The molecule has 3 rings (SSSR count). The molecule has 0 amide bonds. The fourth-order valence-corrected chi connectivity index (χ4v) is 4.01. The van der Waals surface area contributed by atoms with E-state index in [1.807, 2.05) is 19.2 Å². The third-order valence-electron chi connectivity index (χ3n) is 4.79. The molecule has 146 valence electrons. The normalized spacial score (nSPS) is 15.1. The van der Waals surface area contributed by atoms with Gasteiger partial charge >= 0.3 is 0 Å². The van der Waals surface area contributed by atoms with Crippen LogP contribution in [0.15, 0.2) is 34.6 Å². The maximum Gasteiger partial charge on any atom is 0.193 e. The first-order chi connectivity index (χ1) is 13.2. The van der Waals surface area contributed by atoms with Gasteiger partial charge in [0.1, 0.15) is 5.75 Å². The second-order valence-electron chi connectivity index (χ2n) is 6.48. The average molecular weight is 388 g/mol. The number of hydrogen-bond donors (Lipinski definition) is 1. The van der Waals surface area contributed by atoms with Crippen LogP contribution in [-0.2, 0) is 12.8 Å². The van der Waals surface area contributed by atoms with Crippen LogP contribution in [0.5, 0.6) is 5.75 Å². The van der Waals surface area contributed by atoms with Gasteiger partial charge in [0.05, 0.1) is 17.8 Å². The number of thiazole rings is 1. The molecule has 1 aliphatic heterocycles.